The van der Waals surface area contributed by atoms with Gasteiger partial charge in [0, 0.05) is 16.8 Å². The molecular formula is C22H21FN6. The van der Waals surface area contributed by atoms with E-state index in [-0.39, 0.29) is 11.9 Å². The van der Waals surface area contributed by atoms with Crippen molar-refractivity contribution in [2.45, 2.75) is 31.2 Å². The molecule has 5 N–H and O–H groups in total. The lowest BCUT2D eigenvalue weighted by Crippen LogP contribution is -2.36. The molecule has 29 heavy (non-hydrogen) atoms. The topological polar surface area (TPSA) is 95.4 Å². The Hall–Kier alpha value is -3.09. The monoisotopic (exact) mass is 388 g/mol. The molecule has 4 aromatic rings. The number of aromatic nitrogens is 4. The van der Waals surface area contributed by atoms with Gasteiger partial charge in [0.2, 0.25) is 0 Å². The lowest BCUT2D eigenvalue weighted by molar-refractivity contribution is 0.248. The van der Waals surface area contributed by atoms with Crippen LogP contribution in [0.4, 0.5) is 15.9 Å². The lowest BCUT2D eigenvalue weighted by atomic mass is 9.67. The number of aromatic amines is 2. The first kappa shape index (κ1) is 15.8. The van der Waals surface area contributed by atoms with Crippen molar-refractivity contribution >= 4 is 33.3 Å². The number of nitrogens with zero attached hydrogens (tertiary/aromatic N) is 2. The van der Waals surface area contributed by atoms with E-state index in [0.29, 0.717) is 35.2 Å². The Morgan fingerprint density at radius 1 is 1.03 bits per heavy atom. The molecule has 2 aliphatic carbocycles. The van der Waals surface area contributed by atoms with Gasteiger partial charge in [-0.25, -0.2) is 4.39 Å². The van der Waals surface area contributed by atoms with Crippen molar-refractivity contribution in [1.29, 1.82) is 0 Å². The number of nitrogens with two attached hydrogens (primary N) is 1. The second-order valence-corrected chi connectivity index (χ2v) is 8.95. The van der Waals surface area contributed by atoms with Crippen molar-refractivity contribution in [3.8, 4) is 0 Å². The molecule has 0 radical (unpaired) electrons. The summed E-state index contributed by atoms with van der Waals surface area (Å²) >= 11 is 0. The zero-order valence-corrected chi connectivity index (χ0v) is 15.7. The molecule has 3 heterocycles. The largest absolute Gasteiger partial charge is 0.382 e. The Morgan fingerprint density at radius 2 is 1.93 bits per heavy atom. The summed E-state index contributed by atoms with van der Waals surface area (Å²) in [6.07, 6.45) is 5.59. The fraction of sp³-hybridized carbons (Fsp3) is 0.364. The molecule has 0 spiro atoms. The number of fused-ring (bicyclic) bond motifs is 10. The normalized spacial score (nSPS) is 29.9. The second-order valence-electron chi connectivity index (χ2n) is 8.95. The Bertz CT molecular complexity index is 1290. The summed E-state index contributed by atoms with van der Waals surface area (Å²) in [6.45, 7) is 0. The third kappa shape index (κ3) is 1.95. The maximum absolute atomic E-state index is 15.2. The van der Waals surface area contributed by atoms with E-state index >= 15 is 4.39 Å². The minimum Gasteiger partial charge on any atom is -0.382 e. The summed E-state index contributed by atoms with van der Waals surface area (Å²) in [5.41, 5.74) is 10.7. The molecule has 5 atom stereocenters. The molecule has 0 amide bonds. The molecule has 7 rings (SSSR count). The van der Waals surface area contributed by atoms with E-state index in [1.54, 1.807) is 6.07 Å². The van der Waals surface area contributed by atoms with Crippen LogP contribution in [0.25, 0.3) is 21.8 Å². The van der Waals surface area contributed by atoms with Gasteiger partial charge in [-0.05, 0) is 66.2 Å². The third-order valence-electron chi connectivity index (χ3n) is 7.71. The van der Waals surface area contributed by atoms with Crippen molar-refractivity contribution in [2.75, 3.05) is 11.1 Å². The summed E-state index contributed by atoms with van der Waals surface area (Å²) in [7, 11) is 0. The third-order valence-corrected chi connectivity index (χ3v) is 7.71. The number of anilines is 2. The Labute approximate surface area is 166 Å². The molecule has 2 bridgehead atoms. The van der Waals surface area contributed by atoms with Crippen molar-refractivity contribution in [3.63, 3.8) is 0 Å². The standard InChI is InChI=1S/C22H21FN6/c23-14-7-16-13(8-25-27-16)19-17-9-1-2-10(5-9)18(17)20(26-21(14)19)11-3-4-15-12(6-11)22(24)29-28-15/h3-4,6-10,17-18,20,26H,1-2,5H2,(H,25,27)(H3,24,28,29)/t9-,10-,17+,18-,20+/m1/s1. The first-order valence-corrected chi connectivity index (χ1v) is 10.3. The highest BCUT2D eigenvalue weighted by Crippen LogP contribution is 2.64. The van der Waals surface area contributed by atoms with Crippen molar-refractivity contribution in [3.05, 3.63) is 47.4 Å². The molecule has 146 valence electrons. The molecule has 6 nitrogen and oxygen atoms in total. The number of H-pyrrole nitrogens is 2. The molecule has 3 aliphatic rings. The highest BCUT2D eigenvalue weighted by Gasteiger charge is 2.54. The summed E-state index contributed by atoms with van der Waals surface area (Å²) in [4.78, 5) is 0. The minimum atomic E-state index is -0.202. The summed E-state index contributed by atoms with van der Waals surface area (Å²) < 4.78 is 15.2. The minimum absolute atomic E-state index is 0.0698. The molecular weight excluding hydrogens is 367 g/mol. The van der Waals surface area contributed by atoms with E-state index < -0.39 is 0 Å². The van der Waals surface area contributed by atoms with Gasteiger partial charge in [-0.3, -0.25) is 10.2 Å². The SMILES string of the molecule is Nc1n[nH]c2ccc([C@@H]3Nc4c(F)cc5[nH]ncc5c4[C@H]4[C@@H]5CC[C@H](C5)[C@H]43)cc12. The molecule has 2 aromatic carbocycles. The fourth-order valence-electron chi connectivity index (χ4n) is 6.62. The van der Waals surface area contributed by atoms with Gasteiger partial charge in [0.05, 0.1) is 29.0 Å². The fourth-order valence-corrected chi connectivity index (χ4v) is 6.62. The first-order chi connectivity index (χ1) is 14.2. The smallest absolute Gasteiger partial charge is 0.153 e. The van der Waals surface area contributed by atoms with Gasteiger partial charge in [-0.2, -0.15) is 10.2 Å². The van der Waals surface area contributed by atoms with Crippen molar-refractivity contribution in [2.24, 2.45) is 17.8 Å². The van der Waals surface area contributed by atoms with E-state index in [4.69, 9.17) is 5.73 Å². The molecule has 0 unspecified atom stereocenters. The zero-order valence-electron chi connectivity index (χ0n) is 15.7. The van der Waals surface area contributed by atoms with Crippen LogP contribution in [0.3, 0.4) is 0 Å². The van der Waals surface area contributed by atoms with Crippen LogP contribution in [0.2, 0.25) is 0 Å². The van der Waals surface area contributed by atoms with E-state index in [1.165, 1.54) is 19.3 Å². The summed E-state index contributed by atoms with van der Waals surface area (Å²) in [5.74, 6) is 2.41. The predicted octanol–water partition coefficient (Wildman–Crippen LogP) is 4.46. The Kier molecular flexibility index (Phi) is 2.88. The average Bonchev–Trinajstić information content (AvgIpc) is 3.51. The highest BCUT2D eigenvalue weighted by molar-refractivity contribution is 5.90. The highest BCUT2D eigenvalue weighted by atomic mass is 19.1. The molecule has 2 saturated carbocycles. The van der Waals surface area contributed by atoms with Gasteiger partial charge >= 0.3 is 0 Å². The first-order valence-electron chi connectivity index (χ1n) is 10.3. The summed E-state index contributed by atoms with van der Waals surface area (Å²) in [5, 5.41) is 19.8. The van der Waals surface area contributed by atoms with E-state index in [9.17, 15) is 0 Å². The number of nitrogen functional groups attached to an aromatic ring is 1. The van der Waals surface area contributed by atoms with Gasteiger partial charge in [-0.1, -0.05) is 6.07 Å². The zero-order chi connectivity index (χ0) is 19.3. The van der Waals surface area contributed by atoms with E-state index in [0.717, 1.165) is 32.9 Å². The average molecular weight is 388 g/mol. The molecule has 0 saturated heterocycles. The lowest BCUT2D eigenvalue weighted by Gasteiger charge is -2.43. The second kappa shape index (κ2) is 5.28. The van der Waals surface area contributed by atoms with Crippen LogP contribution < -0.4 is 11.1 Å². The molecule has 2 aromatic heterocycles. The van der Waals surface area contributed by atoms with Gasteiger partial charge in [-0.15, -0.1) is 0 Å². The Balaban J connectivity index is 1.46. The summed E-state index contributed by atoms with van der Waals surface area (Å²) in [6, 6.07) is 7.91. The van der Waals surface area contributed by atoms with Crippen LogP contribution in [-0.2, 0) is 0 Å². The van der Waals surface area contributed by atoms with Gasteiger partial charge in [0.15, 0.2) is 5.82 Å². The number of hydrogen-bond donors (Lipinski definition) is 4. The van der Waals surface area contributed by atoms with E-state index in [2.05, 4.69) is 37.8 Å². The van der Waals surface area contributed by atoms with E-state index in [1.807, 2.05) is 12.3 Å². The van der Waals surface area contributed by atoms with Gasteiger partial charge < -0.3 is 11.1 Å². The maximum Gasteiger partial charge on any atom is 0.153 e. The Morgan fingerprint density at radius 3 is 2.86 bits per heavy atom. The van der Waals surface area contributed by atoms with Crippen LogP contribution in [-0.4, -0.2) is 20.4 Å². The van der Waals surface area contributed by atoms with Gasteiger partial charge in [0.25, 0.3) is 0 Å². The van der Waals surface area contributed by atoms with Crippen LogP contribution in [0.1, 0.15) is 42.3 Å². The number of rotatable bonds is 1. The predicted molar refractivity (Wildman–Crippen MR) is 110 cm³/mol. The van der Waals surface area contributed by atoms with Crippen molar-refractivity contribution < 1.29 is 4.39 Å². The van der Waals surface area contributed by atoms with Crippen LogP contribution >= 0.6 is 0 Å². The van der Waals surface area contributed by atoms with Crippen molar-refractivity contribution in [1.82, 2.24) is 20.4 Å². The molecule has 1 aliphatic heterocycles. The van der Waals surface area contributed by atoms with Crippen LogP contribution in [0, 0.1) is 23.6 Å². The number of halogens is 1. The van der Waals surface area contributed by atoms with Crippen LogP contribution in [0.15, 0.2) is 30.5 Å². The molecule has 2 fully saturated rings. The quantitative estimate of drug-likeness (QED) is 0.387. The number of benzene rings is 2. The molecule has 7 heteroatoms. The van der Waals surface area contributed by atoms with Crippen LogP contribution in [0.5, 0.6) is 0 Å². The number of nitrogens with one attached hydrogen (secondary N) is 3. The van der Waals surface area contributed by atoms with Gasteiger partial charge in [0.1, 0.15) is 5.82 Å². The maximum atomic E-state index is 15.2. The number of hydrogen-bond acceptors (Lipinski definition) is 4.